The Labute approximate surface area is 225 Å². The summed E-state index contributed by atoms with van der Waals surface area (Å²) in [6.45, 7) is 0. The summed E-state index contributed by atoms with van der Waals surface area (Å²) < 4.78 is 20.8. The normalized spacial score (nSPS) is 11.2. The monoisotopic (exact) mass is 510 g/mol. The fraction of sp³-hybridized carbons (Fsp3) is 0. The molecule has 0 saturated carbocycles. The predicted molar refractivity (Wildman–Crippen MR) is 152 cm³/mol. The lowest BCUT2D eigenvalue weighted by Crippen LogP contribution is -1.99. The lowest BCUT2D eigenvalue weighted by molar-refractivity contribution is 0.102. The number of furan rings is 1. The molecule has 0 unspecified atom stereocenters. The van der Waals surface area contributed by atoms with Gasteiger partial charge >= 0.3 is 0 Å². The largest absolute Gasteiger partial charge is 0.453 e. The van der Waals surface area contributed by atoms with Crippen LogP contribution in [0.15, 0.2) is 138 Å². The van der Waals surface area contributed by atoms with Gasteiger partial charge in [-0.2, -0.15) is 5.10 Å². The van der Waals surface area contributed by atoms with Crippen molar-refractivity contribution in [2.45, 2.75) is 0 Å². The lowest BCUT2D eigenvalue weighted by Gasteiger charge is -2.08. The summed E-state index contributed by atoms with van der Waals surface area (Å²) in [4.78, 5) is 12.7. The Kier molecular flexibility index (Phi) is 6.54. The van der Waals surface area contributed by atoms with E-state index in [9.17, 15) is 9.18 Å². The standard InChI is InChI=1S/C34H23FN2O2/c35-28-16-14-27(15-17-28)33-21-22-34(39-33)32(38)20-13-24-11-18-29(19-12-24)37-31(26-9-5-2-6-10-26)23-30(36-37)25-7-3-1-4-8-25/h1-23H. The van der Waals surface area contributed by atoms with E-state index < -0.39 is 0 Å². The zero-order chi connectivity index (χ0) is 26.6. The Morgan fingerprint density at radius 1 is 0.718 bits per heavy atom. The van der Waals surface area contributed by atoms with Gasteiger partial charge in [0.2, 0.25) is 5.78 Å². The van der Waals surface area contributed by atoms with Gasteiger partial charge in [-0.25, -0.2) is 9.07 Å². The van der Waals surface area contributed by atoms with Gasteiger partial charge < -0.3 is 4.42 Å². The Morgan fingerprint density at radius 3 is 2.08 bits per heavy atom. The molecule has 0 radical (unpaired) electrons. The second-order valence-corrected chi connectivity index (χ2v) is 9.02. The summed E-state index contributed by atoms with van der Waals surface area (Å²) in [5.41, 5.74) is 6.49. The average Bonchev–Trinajstić information content (AvgIpc) is 3.66. The van der Waals surface area contributed by atoms with Crippen LogP contribution in [0.1, 0.15) is 16.1 Å². The first-order chi connectivity index (χ1) is 19.1. The van der Waals surface area contributed by atoms with E-state index in [-0.39, 0.29) is 17.4 Å². The van der Waals surface area contributed by atoms with Crippen molar-refractivity contribution in [1.82, 2.24) is 9.78 Å². The van der Waals surface area contributed by atoms with Crippen molar-refractivity contribution in [1.29, 1.82) is 0 Å². The Bertz CT molecular complexity index is 1750. The molecule has 188 valence electrons. The highest BCUT2D eigenvalue weighted by molar-refractivity contribution is 6.05. The van der Waals surface area contributed by atoms with Gasteiger partial charge in [0.15, 0.2) is 5.76 Å². The van der Waals surface area contributed by atoms with Gasteiger partial charge in [-0.1, -0.05) is 78.9 Å². The highest BCUT2D eigenvalue weighted by Crippen LogP contribution is 2.29. The van der Waals surface area contributed by atoms with Crippen molar-refractivity contribution in [3.05, 3.63) is 151 Å². The summed E-state index contributed by atoms with van der Waals surface area (Å²) >= 11 is 0. The van der Waals surface area contributed by atoms with Crippen LogP contribution in [0.2, 0.25) is 0 Å². The molecule has 5 heteroatoms. The van der Waals surface area contributed by atoms with Crippen molar-refractivity contribution in [3.8, 4) is 39.5 Å². The van der Waals surface area contributed by atoms with Gasteiger partial charge in [0.05, 0.1) is 17.1 Å². The van der Waals surface area contributed by atoms with Crippen LogP contribution >= 0.6 is 0 Å². The zero-order valence-electron chi connectivity index (χ0n) is 20.9. The molecule has 2 aromatic heterocycles. The van der Waals surface area contributed by atoms with Gasteiger partial charge in [-0.05, 0) is 66.2 Å². The van der Waals surface area contributed by atoms with Crippen molar-refractivity contribution >= 4 is 11.9 Å². The molecule has 0 aliphatic heterocycles. The Balaban J connectivity index is 1.24. The van der Waals surface area contributed by atoms with Gasteiger partial charge in [-0.15, -0.1) is 0 Å². The predicted octanol–water partition coefficient (Wildman–Crippen LogP) is 8.50. The van der Waals surface area contributed by atoms with Crippen LogP contribution in [0.25, 0.3) is 45.6 Å². The molecule has 0 fully saturated rings. The van der Waals surface area contributed by atoms with Crippen LogP contribution in [0, 0.1) is 5.82 Å². The molecule has 0 spiro atoms. The molecular formula is C34H23FN2O2. The third-order valence-electron chi connectivity index (χ3n) is 6.39. The number of aromatic nitrogens is 2. The van der Waals surface area contributed by atoms with Crippen LogP contribution in [0.4, 0.5) is 4.39 Å². The number of carbonyl (C=O) groups is 1. The molecule has 0 bridgehead atoms. The smallest absolute Gasteiger partial charge is 0.221 e. The summed E-state index contributed by atoms with van der Waals surface area (Å²) in [6.07, 6.45) is 3.24. The van der Waals surface area contributed by atoms with E-state index in [0.29, 0.717) is 11.3 Å². The molecule has 4 aromatic carbocycles. The third-order valence-corrected chi connectivity index (χ3v) is 6.39. The number of ketones is 1. The second-order valence-electron chi connectivity index (χ2n) is 9.02. The number of allylic oxidation sites excluding steroid dienone is 1. The summed E-state index contributed by atoms with van der Waals surface area (Å²) in [5.74, 6) is 0.161. The van der Waals surface area contributed by atoms with Crippen LogP contribution in [0.3, 0.4) is 0 Å². The van der Waals surface area contributed by atoms with Crippen molar-refractivity contribution in [3.63, 3.8) is 0 Å². The molecule has 6 aromatic rings. The van der Waals surface area contributed by atoms with Crippen molar-refractivity contribution in [2.24, 2.45) is 0 Å². The van der Waals surface area contributed by atoms with E-state index in [1.54, 1.807) is 30.3 Å². The molecular weight excluding hydrogens is 487 g/mol. The van der Waals surface area contributed by atoms with E-state index >= 15 is 0 Å². The van der Waals surface area contributed by atoms with Gasteiger partial charge in [-0.3, -0.25) is 4.79 Å². The first kappa shape index (κ1) is 24.1. The SMILES string of the molecule is O=C(C=Cc1ccc(-n2nc(-c3ccccc3)cc2-c2ccccc2)cc1)c1ccc(-c2ccc(F)cc2)o1. The minimum atomic E-state index is -0.323. The van der Waals surface area contributed by atoms with Gasteiger partial charge in [0.25, 0.3) is 0 Å². The number of halogens is 1. The molecule has 4 nitrogen and oxygen atoms in total. The zero-order valence-corrected chi connectivity index (χ0v) is 20.9. The highest BCUT2D eigenvalue weighted by atomic mass is 19.1. The minimum absolute atomic E-state index is 0.222. The molecule has 2 heterocycles. The van der Waals surface area contributed by atoms with Crippen molar-refractivity contribution in [2.75, 3.05) is 0 Å². The maximum atomic E-state index is 13.2. The number of rotatable bonds is 7. The number of hydrogen-bond acceptors (Lipinski definition) is 3. The van der Waals surface area contributed by atoms with E-state index in [1.807, 2.05) is 77.5 Å². The second kappa shape index (κ2) is 10.6. The first-order valence-corrected chi connectivity index (χ1v) is 12.5. The molecule has 0 atom stereocenters. The maximum absolute atomic E-state index is 13.2. The Morgan fingerprint density at radius 2 is 1.38 bits per heavy atom. The van der Waals surface area contributed by atoms with E-state index in [1.165, 1.54) is 18.2 Å². The summed E-state index contributed by atoms with van der Waals surface area (Å²) in [7, 11) is 0. The number of carbonyl (C=O) groups excluding carboxylic acids is 1. The summed E-state index contributed by atoms with van der Waals surface area (Å²) in [6, 6.07) is 39.5. The quantitative estimate of drug-likeness (QED) is 0.160. The van der Waals surface area contributed by atoms with Gasteiger partial charge in [0.1, 0.15) is 11.6 Å². The number of hydrogen-bond donors (Lipinski definition) is 0. The molecule has 0 saturated heterocycles. The van der Waals surface area contributed by atoms with Crippen molar-refractivity contribution < 1.29 is 13.6 Å². The molecule has 6 rings (SSSR count). The van der Waals surface area contributed by atoms with Crippen LogP contribution in [-0.4, -0.2) is 15.6 Å². The average molecular weight is 511 g/mol. The lowest BCUT2D eigenvalue weighted by atomic mass is 10.1. The fourth-order valence-corrected chi connectivity index (χ4v) is 4.36. The first-order valence-electron chi connectivity index (χ1n) is 12.5. The van der Waals surface area contributed by atoms with E-state index in [4.69, 9.17) is 9.52 Å². The van der Waals surface area contributed by atoms with Gasteiger partial charge in [0, 0.05) is 16.7 Å². The molecule has 0 N–H and O–H groups in total. The Hall–Kier alpha value is -5.29. The minimum Gasteiger partial charge on any atom is -0.453 e. The molecule has 0 aliphatic carbocycles. The molecule has 39 heavy (non-hydrogen) atoms. The highest BCUT2D eigenvalue weighted by Gasteiger charge is 2.13. The van der Waals surface area contributed by atoms with E-state index in [2.05, 4.69) is 18.2 Å². The fourth-order valence-electron chi connectivity index (χ4n) is 4.36. The van der Waals surface area contributed by atoms with E-state index in [0.717, 1.165) is 33.8 Å². The number of nitrogens with zero attached hydrogens (tertiary/aromatic N) is 2. The summed E-state index contributed by atoms with van der Waals surface area (Å²) in [5, 5.41) is 4.91. The van der Waals surface area contributed by atoms with Crippen LogP contribution in [-0.2, 0) is 0 Å². The molecule has 0 amide bonds. The maximum Gasteiger partial charge on any atom is 0.221 e. The number of benzene rings is 4. The van der Waals surface area contributed by atoms with Crippen LogP contribution in [0.5, 0.6) is 0 Å². The topological polar surface area (TPSA) is 48.0 Å². The molecule has 0 aliphatic rings. The van der Waals surface area contributed by atoms with Crippen LogP contribution < -0.4 is 0 Å². The third kappa shape index (κ3) is 5.24.